The van der Waals surface area contributed by atoms with Crippen molar-refractivity contribution in [2.24, 2.45) is 45.8 Å². The minimum absolute atomic E-state index is 0.00659. The van der Waals surface area contributed by atoms with Crippen LogP contribution in [0.4, 0.5) is 0 Å². The average Bonchev–Trinajstić information content (AvgIpc) is 3.33. The lowest BCUT2D eigenvalue weighted by molar-refractivity contribution is -0.352. The Bertz CT molecular complexity index is 945. The van der Waals surface area contributed by atoms with E-state index >= 15 is 0 Å². The van der Waals surface area contributed by atoms with Crippen molar-refractivity contribution in [2.75, 3.05) is 13.2 Å². The maximum Gasteiger partial charge on any atom is 0.315 e. The minimum atomic E-state index is -1.24. The first kappa shape index (κ1) is 23.1. The van der Waals surface area contributed by atoms with Crippen molar-refractivity contribution >= 4 is 12.3 Å². The number of fused-ring (bicyclic) bond motifs is 3. The van der Waals surface area contributed by atoms with Crippen molar-refractivity contribution in [3.05, 3.63) is 11.6 Å². The minimum Gasteiger partial charge on any atom is -0.481 e. The third-order valence-electron chi connectivity index (χ3n) is 11.0. The van der Waals surface area contributed by atoms with Gasteiger partial charge in [-0.25, -0.2) is 0 Å². The molecule has 4 bridgehead atoms. The molecule has 6 aliphatic rings. The average molecular weight is 475 g/mol. The molecule has 7 heteroatoms. The van der Waals surface area contributed by atoms with Crippen LogP contribution in [-0.2, 0) is 23.8 Å². The number of carboxylic acid groups (broad SMARTS) is 1. The number of aldehydes is 1. The number of carbonyl (C=O) groups is 2. The number of aliphatic hydroxyl groups is 1. The highest BCUT2D eigenvalue weighted by atomic mass is 16.7. The van der Waals surface area contributed by atoms with Crippen molar-refractivity contribution in [2.45, 2.75) is 83.9 Å². The molecule has 0 radical (unpaired) electrons. The van der Waals surface area contributed by atoms with Crippen molar-refractivity contribution < 1.29 is 34.0 Å². The zero-order valence-corrected chi connectivity index (χ0v) is 20.7. The Morgan fingerprint density at radius 2 is 2.03 bits per heavy atom. The third kappa shape index (κ3) is 2.43. The number of aliphatic carboxylic acids is 1. The number of carboxylic acids is 1. The van der Waals surface area contributed by atoms with Gasteiger partial charge in [0, 0.05) is 11.8 Å². The summed E-state index contributed by atoms with van der Waals surface area (Å²) in [5.41, 5.74) is -2.86. The summed E-state index contributed by atoms with van der Waals surface area (Å²) in [5, 5.41) is 21.9. The van der Waals surface area contributed by atoms with Gasteiger partial charge in [0.25, 0.3) is 0 Å². The van der Waals surface area contributed by atoms with Crippen LogP contribution in [0.25, 0.3) is 0 Å². The van der Waals surface area contributed by atoms with E-state index in [0.29, 0.717) is 24.7 Å². The Hall–Kier alpha value is -1.28. The van der Waals surface area contributed by atoms with Crippen molar-refractivity contribution in [3.63, 3.8) is 0 Å². The standard InChI is InChI=1S/C27H38O7/c1-14(2)20-7-17-8-24(11-28)19-6-5-15(3)18(19)9-25(17,27(20,24)23(29)30)12-32-21-10-26(31)13-33-22(26)16(4)34-21/h7,11,14-19,21-22,31H,5-6,8-10,12-13H2,1-4H3,(H,29,30)/t15?,16-,17?,18?,19?,21-,22-,24?,25?,26-,27?/m1/s1. The van der Waals surface area contributed by atoms with Gasteiger partial charge in [-0.15, -0.1) is 0 Å². The van der Waals surface area contributed by atoms with Crippen molar-refractivity contribution in [1.29, 1.82) is 0 Å². The number of allylic oxidation sites excluding steroid dienone is 1. The monoisotopic (exact) mass is 474 g/mol. The molecule has 6 rings (SSSR count). The first-order valence-corrected chi connectivity index (χ1v) is 13.1. The number of carbonyl (C=O) groups excluding carboxylic acids is 1. The van der Waals surface area contributed by atoms with Crippen LogP contribution in [0.3, 0.4) is 0 Å². The molecule has 0 aromatic carbocycles. The molecular weight excluding hydrogens is 436 g/mol. The SMILES string of the molecule is CC(C)C1=CC2CC3(C=O)C4CCC(C)C4CC2(CO[C@H]2C[C@@]4(O)CO[C@@H]4[C@@H](C)O2)C13C(=O)O. The van der Waals surface area contributed by atoms with Crippen molar-refractivity contribution in [1.82, 2.24) is 0 Å². The van der Waals surface area contributed by atoms with E-state index in [-0.39, 0.29) is 43.2 Å². The zero-order chi connectivity index (χ0) is 24.3. The number of rotatable bonds is 6. The molecule has 4 aliphatic carbocycles. The molecular formula is C27H38O7. The molecule has 0 amide bonds. The molecule has 34 heavy (non-hydrogen) atoms. The molecule has 2 saturated heterocycles. The molecule has 7 nitrogen and oxygen atoms in total. The van der Waals surface area contributed by atoms with Gasteiger partial charge in [-0.05, 0) is 55.8 Å². The van der Waals surface area contributed by atoms with E-state index in [0.717, 1.165) is 31.1 Å². The first-order chi connectivity index (χ1) is 16.1. The predicted octanol–water partition coefficient (Wildman–Crippen LogP) is 3.19. The van der Waals surface area contributed by atoms with E-state index in [2.05, 4.69) is 13.0 Å². The van der Waals surface area contributed by atoms with Crippen LogP contribution < -0.4 is 0 Å². The van der Waals surface area contributed by atoms with Crippen LogP contribution in [0.1, 0.15) is 59.8 Å². The van der Waals surface area contributed by atoms with Crippen LogP contribution >= 0.6 is 0 Å². The topological polar surface area (TPSA) is 102 Å². The summed E-state index contributed by atoms with van der Waals surface area (Å²) in [4.78, 5) is 26.5. The molecule has 2 aliphatic heterocycles. The fraction of sp³-hybridized carbons (Fsp3) is 0.852. The lowest BCUT2D eigenvalue weighted by Crippen LogP contribution is -2.68. The molecule has 5 fully saturated rings. The van der Waals surface area contributed by atoms with Gasteiger partial charge >= 0.3 is 5.97 Å². The fourth-order valence-electron chi connectivity index (χ4n) is 9.74. The Labute approximate surface area is 201 Å². The number of ether oxygens (including phenoxy) is 3. The summed E-state index contributed by atoms with van der Waals surface area (Å²) >= 11 is 0. The molecule has 0 aromatic heterocycles. The quantitative estimate of drug-likeness (QED) is 0.450. The highest BCUT2D eigenvalue weighted by molar-refractivity contribution is 5.90. The largest absolute Gasteiger partial charge is 0.481 e. The Morgan fingerprint density at radius 1 is 1.26 bits per heavy atom. The molecule has 0 spiro atoms. The van der Waals surface area contributed by atoms with Gasteiger partial charge < -0.3 is 29.2 Å². The van der Waals surface area contributed by atoms with E-state index in [1.165, 1.54) is 0 Å². The molecule has 3 saturated carbocycles. The van der Waals surface area contributed by atoms with E-state index in [1.807, 2.05) is 20.8 Å². The normalized spacial score (nSPS) is 54.9. The zero-order valence-electron chi connectivity index (χ0n) is 20.7. The van der Waals surface area contributed by atoms with Gasteiger partial charge in [-0.1, -0.05) is 38.8 Å². The summed E-state index contributed by atoms with van der Waals surface area (Å²) in [7, 11) is 0. The van der Waals surface area contributed by atoms with Crippen LogP contribution in [0.2, 0.25) is 0 Å². The second kappa shape index (κ2) is 7.15. The van der Waals surface area contributed by atoms with Crippen LogP contribution in [0, 0.1) is 45.8 Å². The lowest BCUT2D eigenvalue weighted by Gasteiger charge is -2.58. The molecule has 7 unspecified atom stereocenters. The van der Waals surface area contributed by atoms with Gasteiger partial charge in [0.15, 0.2) is 6.29 Å². The first-order valence-electron chi connectivity index (χ1n) is 13.1. The maximum atomic E-state index is 13.5. The van der Waals surface area contributed by atoms with Gasteiger partial charge in [-0.2, -0.15) is 0 Å². The molecule has 0 aromatic rings. The van der Waals surface area contributed by atoms with E-state index in [1.54, 1.807) is 0 Å². The smallest absolute Gasteiger partial charge is 0.315 e. The highest BCUT2D eigenvalue weighted by Crippen LogP contribution is 2.82. The summed E-state index contributed by atoms with van der Waals surface area (Å²) < 4.78 is 18.0. The second-order valence-electron chi connectivity index (χ2n) is 12.6. The Morgan fingerprint density at radius 3 is 2.62 bits per heavy atom. The van der Waals surface area contributed by atoms with E-state index in [9.17, 15) is 19.8 Å². The van der Waals surface area contributed by atoms with Gasteiger partial charge in [0.2, 0.25) is 0 Å². The Kier molecular flexibility index (Phi) is 4.86. The molecule has 188 valence electrons. The molecule has 11 atom stereocenters. The van der Waals surface area contributed by atoms with E-state index in [4.69, 9.17) is 14.2 Å². The van der Waals surface area contributed by atoms with Crippen molar-refractivity contribution in [3.8, 4) is 0 Å². The molecule has 2 heterocycles. The van der Waals surface area contributed by atoms with Gasteiger partial charge in [0.1, 0.15) is 23.4 Å². The van der Waals surface area contributed by atoms with Crippen LogP contribution in [0.5, 0.6) is 0 Å². The lowest BCUT2D eigenvalue weighted by atomic mass is 9.43. The number of hydrogen-bond donors (Lipinski definition) is 2. The predicted molar refractivity (Wildman–Crippen MR) is 122 cm³/mol. The summed E-state index contributed by atoms with van der Waals surface area (Å²) in [5.74, 6) is 0.0599. The number of hydrogen-bond acceptors (Lipinski definition) is 6. The summed E-state index contributed by atoms with van der Waals surface area (Å²) in [6.07, 6.45) is 5.60. The summed E-state index contributed by atoms with van der Waals surface area (Å²) in [6, 6.07) is 0. The van der Waals surface area contributed by atoms with Gasteiger partial charge in [-0.3, -0.25) is 4.79 Å². The third-order valence-corrected chi connectivity index (χ3v) is 11.0. The van der Waals surface area contributed by atoms with Gasteiger partial charge in [0.05, 0.1) is 24.7 Å². The van der Waals surface area contributed by atoms with Crippen LogP contribution in [0.15, 0.2) is 11.6 Å². The molecule has 2 N–H and O–H groups in total. The summed E-state index contributed by atoms with van der Waals surface area (Å²) in [6.45, 7) is 8.72. The fourth-order valence-corrected chi connectivity index (χ4v) is 9.74. The van der Waals surface area contributed by atoms with E-state index < -0.39 is 34.1 Å². The second-order valence-corrected chi connectivity index (χ2v) is 12.6. The Balaban J connectivity index is 1.41. The maximum absolute atomic E-state index is 13.5. The van der Waals surface area contributed by atoms with Crippen LogP contribution in [-0.4, -0.2) is 59.8 Å². The highest BCUT2D eigenvalue weighted by Gasteiger charge is 2.84.